The van der Waals surface area contributed by atoms with Crippen LogP contribution in [0.2, 0.25) is 0 Å². The predicted octanol–water partition coefficient (Wildman–Crippen LogP) is 3.91. The van der Waals surface area contributed by atoms with E-state index in [1.807, 2.05) is 30.3 Å². The molecule has 1 aromatic rings. The highest BCUT2D eigenvalue weighted by Crippen LogP contribution is 2.21. The van der Waals surface area contributed by atoms with Crippen LogP contribution in [0.25, 0.3) is 0 Å². The molecule has 19 heavy (non-hydrogen) atoms. The Morgan fingerprint density at radius 3 is 2.79 bits per heavy atom. The second kappa shape index (κ2) is 7.44. The smallest absolute Gasteiger partial charge is 0.164 e. The molecule has 0 bridgehead atoms. The molecule has 0 saturated carbocycles. The Balaban J connectivity index is 1.85. The highest BCUT2D eigenvalue weighted by atomic mass is 16.1. The van der Waals surface area contributed by atoms with Crippen LogP contribution < -0.4 is 0 Å². The Bertz CT molecular complexity index is 386. The number of carbonyl (C=O) groups excluding carboxylic acids is 1. The molecule has 1 saturated heterocycles. The van der Waals surface area contributed by atoms with Crippen LogP contribution in [-0.2, 0) is 0 Å². The number of ketones is 1. The van der Waals surface area contributed by atoms with Crippen molar-refractivity contribution in [3.8, 4) is 0 Å². The largest absolute Gasteiger partial charge is 0.300 e. The zero-order chi connectivity index (χ0) is 13.5. The van der Waals surface area contributed by atoms with Gasteiger partial charge in [-0.15, -0.1) is 0 Å². The Morgan fingerprint density at radius 2 is 2.05 bits per heavy atom. The van der Waals surface area contributed by atoms with Crippen LogP contribution >= 0.6 is 0 Å². The number of Topliss-reactive ketones (excluding diaryl/α,β-unsaturated/α-hetero) is 1. The minimum absolute atomic E-state index is 0.279. The Labute approximate surface area is 116 Å². The Kier molecular flexibility index (Phi) is 5.59. The SMILES string of the molecule is CCCC1CCCCN1CCC(=O)c1ccccc1. The summed E-state index contributed by atoms with van der Waals surface area (Å²) in [6.07, 6.45) is 7.14. The lowest BCUT2D eigenvalue weighted by Gasteiger charge is -2.35. The number of hydrogen-bond donors (Lipinski definition) is 0. The predicted molar refractivity (Wildman–Crippen MR) is 79.5 cm³/mol. The van der Waals surface area contributed by atoms with E-state index in [4.69, 9.17) is 0 Å². The number of likely N-dealkylation sites (tertiary alicyclic amines) is 1. The third kappa shape index (κ3) is 4.17. The molecule has 1 fully saturated rings. The van der Waals surface area contributed by atoms with E-state index in [2.05, 4.69) is 11.8 Å². The van der Waals surface area contributed by atoms with E-state index in [-0.39, 0.29) is 5.78 Å². The van der Waals surface area contributed by atoms with E-state index in [0.717, 1.165) is 12.1 Å². The standard InChI is InChI=1S/C17H25NO/c1-2-8-16-11-6-7-13-18(16)14-12-17(19)15-9-4-3-5-10-15/h3-5,9-10,16H,2,6-8,11-14H2,1H3. The maximum atomic E-state index is 12.1. The number of benzene rings is 1. The second-order valence-electron chi connectivity index (χ2n) is 5.51. The van der Waals surface area contributed by atoms with E-state index in [1.54, 1.807) is 0 Å². The summed E-state index contributed by atoms with van der Waals surface area (Å²) in [4.78, 5) is 14.7. The fourth-order valence-electron chi connectivity index (χ4n) is 3.03. The lowest BCUT2D eigenvalue weighted by Crippen LogP contribution is -2.40. The van der Waals surface area contributed by atoms with Crippen molar-refractivity contribution in [1.82, 2.24) is 4.90 Å². The van der Waals surface area contributed by atoms with Gasteiger partial charge in [-0.1, -0.05) is 50.1 Å². The Morgan fingerprint density at radius 1 is 1.26 bits per heavy atom. The normalized spacial score (nSPS) is 20.4. The summed E-state index contributed by atoms with van der Waals surface area (Å²) in [5, 5.41) is 0. The van der Waals surface area contributed by atoms with Gasteiger partial charge in [0.25, 0.3) is 0 Å². The van der Waals surface area contributed by atoms with Crippen molar-refractivity contribution in [1.29, 1.82) is 0 Å². The molecule has 2 rings (SSSR count). The number of nitrogens with zero attached hydrogens (tertiary/aromatic N) is 1. The molecule has 0 aromatic heterocycles. The van der Waals surface area contributed by atoms with Crippen molar-refractivity contribution in [2.75, 3.05) is 13.1 Å². The molecule has 1 unspecified atom stereocenters. The number of rotatable bonds is 6. The number of carbonyl (C=O) groups is 1. The van der Waals surface area contributed by atoms with Crippen LogP contribution in [0, 0.1) is 0 Å². The average Bonchev–Trinajstić information content (AvgIpc) is 2.47. The first-order valence-corrected chi connectivity index (χ1v) is 7.63. The van der Waals surface area contributed by atoms with Gasteiger partial charge in [0.1, 0.15) is 0 Å². The van der Waals surface area contributed by atoms with E-state index in [9.17, 15) is 4.79 Å². The summed E-state index contributed by atoms with van der Waals surface area (Å²) in [6, 6.07) is 10.4. The van der Waals surface area contributed by atoms with Gasteiger partial charge in [0.15, 0.2) is 5.78 Å². The molecule has 1 aliphatic rings. The molecule has 2 heteroatoms. The summed E-state index contributed by atoms with van der Waals surface area (Å²) in [7, 11) is 0. The summed E-state index contributed by atoms with van der Waals surface area (Å²) >= 11 is 0. The maximum absolute atomic E-state index is 12.1. The van der Waals surface area contributed by atoms with Crippen LogP contribution in [0.5, 0.6) is 0 Å². The molecule has 1 heterocycles. The van der Waals surface area contributed by atoms with Gasteiger partial charge in [0.05, 0.1) is 0 Å². The zero-order valence-electron chi connectivity index (χ0n) is 12.0. The Hall–Kier alpha value is -1.15. The van der Waals surface area contributed by atoms with Crippen molar-refractivity contribution in [2.24, 2.45) is 0 Å². The second-order valence-corrected chi connectivity index (χ2v) is 5.51. The van der Waals surface area contributed by atoms with Crippen molar-refractivity contribution in [3.05, 3.63) is 35.9 Å². The maximum Gasteiger partial charge on any atom is 0.164 e. The summed E-state index contributed by atoms with van der Waals surface area (Å²) in [5.41, 5.74) is 0.853. The van der Waals surface area contributed by atoms with Gasteiger partial charge in [0.2, 0.25) is 0 Å². The topological polar surface area (TPSA) is 20.3 Å². The summed E-state index contributed by atoms with van der Waals surface area (Å²) in [5.74, 6) is 0.279. The number of hydrogen-bond acceptors (Lipinski definition) is 2. The minimum Gasteiger partial charge on any atom is -0.300 e. The summed E-state index contributed by atoms with van der Waals surface area (Å²) < 4.78 is 0. The van der Waals surface area contributed by atoms with Crippen LogP contribution in [0.3, 0.4) is 0 Å². The molecule has 1 aliphatic heterocycles. The first-order valence-electron chi connectivity index (χ1n) is 7.63. The van der Waals surface area contributed by atoms with E-state index >= 15 is 0 Å². The minimum atomic E-state index is 0.279. The van der Waals surface area contributed by atoms with E-state index < -0.39 is 0 Å². The molecule has 0 spiro atoms. The number of piperidine rings is 1. The van der Waals surface area contributed by atoms with Crippen LogP contribution in [-0.4, -0.2) is 29.8 Å². The molecule has 104 valence electrons. The van der Waals surface area contributed by atoms with Crippen molar-refractivity contribution < 1.29 is 4.79 Å². The van der Waals surface area contributed by atoms with Gasteiger partial charge in [-0.3, -0.25) is 9.69 Å². The van der Waals surface area contributed by atoms with Crippen molar-refractivity contribution >= 4 is 5.78 Å². The zero-order valence-corrected chi connectivity index (χ0v) is 12.0. The van der Waals surface area contributed by atoms with Gasteiger partial charge in [-0.2, -0.15) is 0 Å². The van der Waals surface area contributed by atoms with Gasteiger partial charge in [-0.25, -0.2) is 0 Å². The molecule has 0 amide bonds. The van der Waals surface area contributed by atoms with Crippen LogP contribution in [0.1, 0.15) is 55.8 Å². The quantitative estimate of drug-likeness (QED) is 0.722. The third-order valence-electron chi connectivity index (χ3n) is 4.09. The molecular weight excluding hydrogens is 234 g/mol. The molecular formula is C17H25NO. The summed E-state index contributed by atoms with van der Waals surface area (Å²) in [6.45, 7) is 4.35. The van der Waals surface area contributed by atoms with E-state index in [0.29, 0.717) is 12.5 Å². The van der Waals surface area contributed by atoms with E-state index in [1.165, 1.54) is 38.6 Å². The highest BCUT2D eigenvalue weighted by molar-refractivity contribution is 5.96. The molecule has 0 aliphatic carbocycles. The monoisotopic (exact) mass is 259 g/mol. The molecule has 1 aromatic carbocycles. The van der Waals surface area contributed by atoms with Crippen molar-refractivity contribution in [3.63, 3.8) is 0 Å². The van der Waals surface area contributed by atoms with Gasteiger partial charge in [-0.05, 0) is 25.8 Å². The third-order valence-corrected chi connectivity index (χ3v) is 4.09. The van der Waals surface area contributed by atoms with Crippen molar-refractivity contribution in [2.45, 2.75) is 51.5 Å². The van der Waals surface area contributed by atoms with Gasteiger partial charge < -0.3 is 0 Å². The molecule has 2 nitrogen and oxygen atoms in total. The molecule has 0 radical (unpaired) electrons. The fraction of sp³-hybridized carbons (Fsp3) is 0.588. The van der Waals surface area contributed by atoms with Crippen LogP contribution in [0.15, 0.2) is 30.3 Å². The van der Waals surface area contributed by atoms with Crippen LogP contribution in [0.4, 0.5) is 0 Å². The highest BCUT2D eigenvalue weighted by Gasteiger charge is 2.21. The molecule has 0 N–H and O–H groups in total. The average molecular weight is 259 g/mol. The van der Waals surface area contributed by atoms with Gasteiger partial charge >= 0.3 is 0 Å². The first-order chi connectivity index (χ1) is 9.31. The fourth-order valence-corrected chi connectivity index (χ4v) is 3.03. The first kappa shape index (κ1) is 14.3. The molecule has 1 atom stereocenters. The lowest BCUT2D eigenvalue weighted by atomic mass is 9.97. The lowest BCUT2D eigenvalue weighted by molar-refractivity contribution is 0.0919. The van der Waals surface area contributed by atoms with Gasteiger partial charge in [0, 0.05) is 24.6 Å².